The molecule has 1 aromatic carbocycles. The number of hydrogen-bond donors (Lipinski definition) is 2. The molecule has 1 aliphatic heterocycles. The molecule has 1 fully saturated rings. The molecule has 2 rings (SSSR count). The number of benzene rings is 1. The second-order valence-electron chi connectivity index (χ2n) is 4.66. The molecular formula is C14H18ClN3OS. The predicted octanol–water partition coefficient (Wildman–Crippen LogP) is 2.71. The van der Waals surface area contributed by atoms with E-state index >= 15 is 0 Å². The van der Waals surface area contributed by atoms with Gasteiger partial charge in [-0.15, -0.1) is 0 Å². The van der Waals surface area contributed by atoms with Crippen LogP contribution in [0.25, 0.3) is 0 Å². The van der Waals surface area contributed by atoms with Crippen LogP contribution in [0.3, 0.4) is 0 Å². The monoisotopic (exact) mass is 311 g/mol. The van der Waals surface area contributed by atoms with Gasteiger partial charge in [-0.3, -0.25) is 5.43 Å². The highest BCUT2D eigenvalue weighted by molar-refractivity contribution is 7.80. The van der Waals surface area contributed by atoms with E-state index in [4.69, 9.17) is 28.6 Å². The third-order valence-corrected chi connectivity index (χ3v) is 3.59. The summed E-state index contributed by atoms with van der Waals surface area (Å²) in [5, 5.41) is 8.58. The van der Waals surface area contributed by atoms with Gasteiger partial charge in [0.1, 0.15) is 0 Å². The first kappa shape index (κ1) is 15.2. The second-order valence-corrected chi connectivity index (χ2v) is 5.51. The summed E-state index contributed by atoms with van der Waals surface area (Å²) in [5.74, 6) is 0. The van der Waals surface area contributed by atoms with Crippen molar-refractivity contribution in [1.29, 1.82) is 0 Å². The van der Waals surface area contributed by atoms with Crippen LogP contribution in [-0.4, -0.2) is 30.1 Å². The number of rotatable bonds is 4. The summed E-state index contributed by atoms with van der Waals surface area (Å²) in [6.07, 6.45) is 2.47. The first-order valence-corrected chi connectivity index (χ1v) is 7.39. The Hall–Kier alpha value is -1.17. The van der Waals surface area contributed by atoms with Crippen molar-refractivity contribution in [1.82, 2.24) is 10.7 Å². The molecule has 0 amide bonds. The van der Waals surface area contributed by atoms with Crippen molar-refractivity contribution in [3.63, 3.8) is 0 Å². The summed E-state index contributed by atoms with van der Waals surface area (Å²) in [5.41, 5.74) is 4.69. The molecule has 0 aliphatic carbocycles. The molecule has 1 saturated heterocycles. The highest BCUT2D eigenvalue weighted by Gasteiger charge is 2.15. The molecule has 1 aromatic rings. The SMILES string of the molecule is C/C(=N\NC(=S)NCC1CCCO1)c1ccc(Cl)cc1. The lowest BCUT2D eigenvalue weighted by molar-refractivity contribution is 0.114. The second kappa shape index (κ2) is 7.57. The molecule has 1 heterocycles. The number of halogens is 1. The Kier molecular flexibility index (Phi) is 5.76. The fourth-order valence-electron chi connectivity index (χ4n) is 1.94. The van der Waals surface area contributed by atoms with Crippen molar-refractivity contribution in [3.8, 4) is 0 Å². The van der Waals surface area contributed by atoms with E-state index < -0.39 is 0 Å². The summed E-state index contributed by atoms with van der Waals surface area (Å²) in [6, 6.07) is 7.52. The van der Waals surface area contributed by atoms with E-state index in [0.717, 1.165) is 37.3 Å². The van der Waals surface area contributed by atoms with E-state index in [1.54, 1.807) is 0 Å². The van der Waals surface area contributed by atoms with E-state index in [1.165, 1.54) is 0 Å². The van der Waals surface area contributed by atoms with Crippen LogP contribution >= 0.6 is 23.8 Å². The molecule has 1 unspecified atom stereocenters. The summed E-state index contributed by atoms with van der Waals surface area (Å²) >= 11 is 11.0. The molecule has 0 spiro atoms. The van der Waals surface area contributed by atoms with Crippen molar-refractivity contribution in [2.75, 3.05) is 13.2 Å². The zero-order valence-electron chi connectivity index (χ0n) is 11.4. The average Bonchev–Trinajstić information content (AvgIpc) is 2.96. The van der Waals surface area contributed by atoms with Gasteiger partial charge in [0, 0.05) is 18.2 Å². The van der Waals surface area contributed by atoms with E-state index in [1.807, 2.05) is 31.2 Å². The minimum atomic E-state index is 0.260. The number of hydrogen-bond acceptors (Lipinski definition) is 3. The smallest absolute Gasteiger partial charge is 0.187 e. The van der Waals surface area contributed by atoms with E-state index in [2.05, 4.69) is 15.8 Å². The highest BCUT2D eigenvalue weighted by Crippen LogP contribution is 2.11. The normalized spacial score (nSPS) is 18.9. The quantitative estimate of drug-likeness (QED) is 0.510. The van der Waals surface area contributed by atoms with Gasteiger partial charge in [-0.2, -0.15) is 5.10 Å². The van der Waals surface area contributed by atoms with E-state index in [0.29, 0.717) is 10.1 Å². The fourth-order valence-corrected chi connectivity index (χ4v) is 2.20. The zero-order valence-corrected chi connectivity index (χ0v) is 12.9. The largest absolute Gasteiger partial charge is 0.376 e. The highest BCUT2D eigenvalue weighted by atomic mass is 35.5. The van der Waals surface area contributed by atoms with Crippen molar-refractivity contribution in [3.05, 3.63) is 34.9 Å². The lowest BCUT2D eigenvalue weighted by atomic mass is 10.1. The van der Waals surface area contributed by atoms with Crippen LogP contribution in [-0.2, 0) is 4.74 Å². The van der Waals surface area contributed by atoms with Gasteiger partial charge in [0.15, 0.2) is 5.11 Å². The van der Waals surface area contributed by atoms with Crippen LogP contribution in [0, 0.1) is 0 Å². The molecular weight excluding hydrogens is 294 g/mol. The summed E-state index contributed by atoms with van der Waals surface area (Å²) in [7, 11) is 0. The molecule has 0 saturated carbocycles. The minimum Gasteiger partial charge on any atom is -0.376 e. The molecule has 6 heteroatoms. The maximum atomic E-state index is 5.85. The maximum Gasteiger partial charge on any atom is 0.187 e. The van der Waals surface area contributed by atoms with Crippen LogP contribution in [0.5, 0.6) is 0 Å². The molecule has 2 N–H and O–H groups in total. The number of nitrogens with one attached hydrogen (secondary N) is 2. The van der Waals surface area contributed by atoms with Crippen molar-refractivity contribution in [2.24, 2.45) is 5.10 Å². The Morgan fingerprint density at radius 1 is 1.45 bits per heavy atom. The van der Waals surface area contributed by atoms with Crippen LogP contribution in [0.2, 0.25) is 5.02 Å². The topological polar surface area (TPSA) is 45.7 Å². The molecule has 0 aromatic heterocycles. The third kappa shape index (κ3) is 4.74. The van der Waals surface area contributed by atoms with Crippen molar-refractivity contribution >= 4 is 34.6 Å². The Morgan fingerprint density at radius 2 is 2.20 bits per heavy atom. The molecule has 1 atom stereocenters. The number of hydrazone groups is 1. The Labute approximate surface area is 129 Å². The number of thiocarbonyl (C=S) groups is 1. The van der Waals surface area contributed by atoms with Gasteiger partial charge in [0.25, 0.3) is 0 Å². The van der Waals surface area contributed by atoms with E-state index in [-0.39, 0.29) is 6.10 Å². The van der Waals surface area contributed by atoms with Gasteiger partial charge in [0.2, 0.25) is 0 Å². The molecule has 1 aliphatic rings. The van der Waals surface area contributed by atoms with Crippen LogP contribution < -0.4 is 10.7 Å². The van der Waals surface area contributed by atoms with Gasteiger partial charge in [-0.1, -0.05) is 23.7 Å². The summed E-state index contributed by atoms with van der Waals surface area (Å²) in [4.78, 5) is 0. The van der Waals surface area contributed by atoms with Crippen molar-refractivity contribution < 1.29 is 4.74 Å². The Balaban J connectivity index is 1.78. The summed E-state index contributed by atoms with van der Waals surface area (Å²) < 4.78 is 5.51. The lowest BCUT2D eigenvalue weighted by Crippen LogP contribution is -2.37. The zero-order chi connectivity index (χ0) is 14.4. The summed E-state index contributed by atoms with van der Waals surface area (Å²) in [6.45, 7) is 3.49. The minimum absolute atomic E-state index is 0.260. The van der Waals surface area contributed by atoms with Crippen LogP contribution in [0.15, 0.2) is 29.4 Å². The molecule has 0 radical (unpaired) electrons. The number of nitrogens with zero attached hydrogens (tertiary/aromatic N) is 1. The van der Waals surface area contributed by atoms with Gasteiger partial charge < -0.3 is 10.1 Å². The van der Waals surface area contributed by atoms with Crippen molar-refractivity contribution in [2.45, 2.75) is 25.9 Å². The van der Waals surface area contributed by atoms with Gasteiger partial charge in [-0.25, -0.2) is 0 Å². The Bertz CT molecular complexity index is 484. The number of ether oxygens (including phenoxy) is 1. The van der Waals surface area contributed by atoms with Crippen LogP contribution in [0.1, 0.15) is 25.3 Å². The third-order valence-electron chi connectivity index (χ3n) is 3.10. The predicted molar refractivity (Wildman–Crippen MR) is 86.4 cm³/mol. The Morgan fingerprint density at radius 3 is 2.85 bits per heavy atom. The lowest BCUT2D eigenvalue weighted by Gasteiger charge is -2.12. The van der Waals surface area contributed by atoms with E-state index in [9.17, 15) is 0 Å². The molecule has 20 heavy (non-hydrogen) atoms. The van der Waals surface area contributed by atoms with Gasteiger partial charge >= 0.3 is 0 Å². The molecule has 108 valence electrons. The van der Waals surface area contributed by atoms with Gasteiger partial charge in [-0.05, 0) is 49.7 Å². The molecule has 0 bridgehead atoms. The maximum absolute atomic E-state index is 5.85. The first-order valence-electron chi connectivity index (χ1n) is 6.61. The average molecular weight is 312 g/mol. The molecule has 4 nitrogen and oxygen atoms in total. The standard InChI is InChI=1S/C14H18ClN3OS/c1-10(11-4-6-12(15)7-5-11)17-18-14(20)16-9-13-3-2-8-19-13/h4-7,13H,2-3,8-9H2,1H3,(H2,16,18,20)/b17-10+. The van der Waals surface area contributed by atoms with Gasteiger partial charge in [0.05, 0.1) is 11.8 Å². The first-order chi connectivity index (χ1) is 9.65. The fraction of sp³-hybridized carbons (Fsp3) is 0.429. The van der Waals surface area contributed by atoms with Crippen LogP contribution in [0.4, 0.5) is 0 Å².